The van der Waals surface area contributed by atoms with Gasteiger partial charge in [-0.25, -0.2) is 0 Å². The molecule has 0 bridgehead atoms. The Kier molecular flexibility index (Phi) is 5.05. The lowest BCUT2D eigenvalue weighted by atomic mass is 10.0. The Morgan fingerprint density at radius 1 is 0.682 bits per heavy atom. The lowest BCUT2D eigenvalue weighted by Crippen LogP contribution is -1.94. The van der Waals surface area contributed by atoms with Crippen LogP contribution in [0.2, 0.25) is 0 Å². The molecule has 0 saturated heterocycles. The smallest absolute Gasteiger partial charge is 0.0711 e. The molecule has 0 amide bonds. The van der Waals surface area contributed by atoms with E-state index in [2.05, 4.69) is 55.5 Å². The first-order valence-corrected chi connectivity index (χ1v) is 8.66. The average Bonchev–Trinajstić information content (AvgIpc) is 2.58. The number of nitrogens with zero attached hydrogens (tertiary/aromatic N) is 1. The predicted molar refractivity (Wildman–Crippen MR) is 96.3 cm³/mol. The Bertz CT molecular complexity index is 745. The van der Waals surface area contributed by atoms with Crippen molar-refractivity contribution < 1.29 is 0 Å². The predicted octanol–water partition coefficient (Wildman–Crippen LogP) is 6.29. The molecule has 0 spiro atoms. The van der Waals surface area contributed by atoms with E-state index in [4.69, 9.17) is 4.98 Å². The molecule has 1 heterocycles. The number of fused-ring (bicyclic) bond motifs is 3. The first-order valence-electron chi connectivity index (χ1n) is 8.66. The fraction of sp³-hybridized carbons (Fsp3) is 0.381. The van der Waals surface area contributed by atoms with Crippen molar-refractivity contribution >= 4 is 21.7 Å². The monoisotopic (exact) mass is 291 g/mol. The van der Waals surface area contributed by atoms with Gasteiger partial charge in [-0.15, -0.1) is 0 Å². The Hall–Kier alpha value is -1.89. The molecule has 0 atom stereocenters. The van der Waals surface area contributed by atoms with Crippen LogP contribution in [-0.4, -0.2) is 4.98 Å². The van der Waals surface area contributed by atoms with Crippen LogP contribution in [0.3, 0.4) is 0 Å². The van der Waals surface area contributed by atoms with Gasteiger partial charge < -0.3 is 0 Å². The van der Waals surface area contributed by atoms with Crippen molar-refractivity contribution in [3.63, 3.8) is 0 Å². The summed E-state index contributed by atoms with van der Waals surface area (Å²) in [6.45, 7) is 2.27. The van der Waals surface area contributed by atoms with Gasteiger partial charge in [-0.3, -0.25) is 4.98 Å². The van der Waals surface area contributed by atoms with Crippen LogP contribution in [-0.2, 0) is 6.42 Å². The van der Waals surface area contributed by atoms with Crippen LogP contribution in [0.15, 0.2) is 48.5 Å². The van der Waals surface area contributed by atoms with Gasteiger partial charge in [0.2, 0.25) is 0 Å². The van der Waals surface area contributed by atoms with E-state index in [-0.39, 0.29) is 0 Å². The number of hydrogen-bond acceptors (Lipinski definition) is 1. The minimum absolute atomic E-state index is 1.09. The van der Waals surface area contributed by atoms with Crippen LogP contribution in [0.5, 0.6) is 0 Å². The molecule has 0 fully saturated rings. The Morgan fingerprint density at radius 2 is 1.32 bits per heavy atom. The maximum absolute atomic E-state index is 4.94. The van der Waals surface area contributed by atoms with Crippen molar-refractivity contribution in [2.45, 2.75) is 51.9 Å². The number of benzene rings is 2. The summed E-state index contributed by atoms with van der Waals surface area (Å²) in [4.78, 5) is 4.94. The summed E-state index contributed by atoms with van der Waals surface area (Å²) in [7, 11) is 0. The Morgan fingerprint density at radius 3 is 2.14 bits per heavy atom. The first kappa shape index (κ1) is 15.0. The van der Waals surface area contributed by atoms with Crippen LogP contribution in [0, 0.1) is 0 Å². The van der Waals surface area contributed by atoms with Gasteiger partial charge >= 0.3 is 0 Å². The summed E-state index contributed by atoms with van der Waals surface area (Å²) in [5.41, 5.74) is 2.40. The number of unbranched alkanes of at least 4 members (excludes halogenated alkanes) is 5. The molecule has 2 aromatic carbocycles. The van der Waals surface area contributed by atoms with Crippen molar-refractivity contribution in [1.29, 1.82) is 0 Å². The van der Waals surface area contributed by atoms with E-state index >= 15 is 0 Å². The third-order valence-corrected chi connectivity index (χ3v) is 4.45. The molecule has 3 rings (SSSR count). The highest BCUT2D eigenvalue weighted by molar-refractivity contribution is 6.06. The van der Waals surface area contributed by atoms with Crippen molar-refractivity contribution in [2.75, 3.05) is 0 Å². The third kappa shape index (κ3) is 3.30. The topological polar surface area (TPSA) is 12.9 Å². The number of rotatable bonds is 7. The van der Waals surface area contributed by atoms with E-state index in [1.165, 1.54) is 60.4 Å². The molecule has 0 saturated carbocycles. The maximum atomic E-state index is 4.94. The van der Waals surface area contributed by atoms with Gasteiger partial charge in [-0.1, -0.05) is 81.5 Å². The zero-order chi connectivity index (χ0) is 15.2. The van der Waals surface area contributed by atoms with E-state index in [9.17, 15) is 0 Å². The number of pyridine rings is 1. The molecule has 0 unspecified atom stereocenters. The largest absolute Gasteiger partial charge is 0.252 e. The van der Waals surface area contributed by atoms with Gasteiger partial charge in [0.05, 0.1) is 5.52 Å². The molecule has 22 heavy (non-hydrogen) atoms. The summed E-state index contributed by atoms with van der Waals surface area (Å²) in [6.07, 6.45) is 9.09. The van der Waals surface area contributed by atoms with E-state index < -0.39 is 0 Å². The summed E-state index contributed by atoms with van der Waals surface area (Å²) < 4.78 is 0. The average molecular weight is 291 g/mol. The second-order valence-corrected chi connectivity index (χ2v) is 6.14. The zero-order valence-corrected chi connectivity index (χ0v) is 13.5. The summed E-state index contributed by atoms with van der Waals surface area (Å²) >= 11 is 0. The maximum Gasteiger partial charge on any atom is 0.0711 e. The van der Waals surface area contributed by atoms with Gasteiger partial charge in [0.15, 0.2) is 0 Å². The van der Waals surface area contributed by atoms with Gasteiger partial charge in [0.1, 0.15) is 0 Å². The van der Waals surface area contributed by atoms with E-state index in [0.717, 1.165) is 11.9 Å². The molecule has 0 aliphatic heterocycles. The molecule has 0 N–H and O–H groups in total. The zero-order valence-electron chi connectivity index (χ0n) is 13.5. The van der Waals surface area contributed by atoms with E-state index in [0.29, 0.717) is 0 Å². The summed E-state index contributed by atoms with van der Waals surface area (Å²) in [5.74, 6) is 0. The number of aromatic nitrogens is 1. The highest BCUT2D eigenvalue weighted by Gasteiger charge is 2.07. The van der Waals surface area contributed by atoms with Gasteiger partial charge in [0.25, 0.3) is 0 Å². The van der Waals surface area contributed by atoms with Crippen LogP contribution < -0.4 is 0 Å². The van der Waals surface area contributed by atoms with Gasteiger partial charge in [-0.2, -0.15) is 0 Å². The van der Waals surface area contributed by atoms with Crippen molar-refractivity contribution in [3.05, 3.63) is 54.2 Å². The van der Waals surface area contributed by atoms with Crippen LogP contribution in [0.25, 0.3) is 21.7 Å². The fourth-order valence-electron chi connectivity index (χ4n) is 3.24. The molecule has 0 aliphatic carbocycles. The summed E-state index contributed by atoms with van der Waals surface area (Å²) in [5, 5.41) is 3.94. The first-order chi connectivity index (χ1) is 10.9. The highest BCUT2D eigenvalue weighted by Crippen LogP contribution is 2.27. The number of aryl methyl sites for hydroxylation is 1. The van der Waals surface area contributed by atoms with Crippen LogP contribution in [0.1, 0.15) is 51.1 Å². The van der Waals surface area contributed by atoms with Crippen molar-refractivity contribution in [2.24, 2.45) is 0 Å². The molecular formula is C21H25N. The standard InChI is InChI=1S/C21H25N/c1-2-3-4-5-6-7-15-20-18-13-9-8-12-17(18)19-14-10-11-16-21(19)22-20/h8-14,16H,2-7,15H2,1H3. The second kappa shape index (κ2) is 7.40. The minimum atomic E-state index is 1.09. The molecule has 1 nitrogen and oxygen atoms in total. The van der Waals surface area contributed by atoms with E-state index in [1.54, 1.807) is 0 Å². The number of para-hydroxylation sites is 1. The normalized spacial score (nSPS) is 11.3. The second-order valence-electron chi connectivity index (χ2n) is 6.14. The van der Waals surface area contributed by atoms with E-state index in [1.807, 2.05) is 0 Å². The quantitative estimate of drug-likeness (QED) is 0.368. The van der Waals surface area contributed by atoms with Crippen molar-refractivity contribution in [1.82, 2.24) is 4.98 Å². The molecule has 1 heteroatoms. The Balaban J connectivity index is 1.82. The Labute approximate surface area is 133 Å². The molecule has 0 aliphatic rings. The van der Waals surface area contributed by atoms with Crippen molar-refractivity contribution in [3.8, 4) is 0 Å². The third-order valence-electron chi connectivity index (χ3n) is 4.45. The molecule has 0 radical (unpaired) electrons. The van der Waals surface area contributed by atoms with Crippen LogP contribution >= 0.6 is 0 Å². The highest BCUT2D eigenvalue weighted by atomic mass is 14.7. The summed E-state index contributed by atoms with van der Waals surface area (Å²) in [6, 6.07) is 17.2. The molecular weight excluding hydrogens is 266 g/mol. The SMILES string of the molecule is CCCCCCCCc1nc2ccccc2c2ccccc12. The fourth-order valence-corrected chi connectivity index (χ4v) is 3.24. The van der Waals surface area contributed by atoms with Gasteiger partial charge in [-0.05, 0) is 24.3 Å². The molecule has 1 aromatic heterocycles. The minimum Gasteiger partial charge on any atom is -0.252 e. The molecule has 114 valence electrons. The lowest BCUT2D eigenvalue weighted by molar-refractivity contribution is 0.606. The van der Waals surface area contributed by atoms with Crippen LogP contribution in [0.4, 0.5) is 0 Å². The van der Waals surface area contributed by atoms with Gasteiger partial charge in [0, 0.05) is 16.5 Å². The lowest BCUT2D eigenvalue weighted by Gasteiger charge is -2.09. The number of hydrogen-bond donors (Lipinski definition) is 0. The molecule has 3 aromatic rings.